The van der Waals surface area contributed by atoms with Gasteiger partial charge in [0, 0.05) is 17.5 Å². The van der Waals surface area contributed by atoms with Crippen molar-refractivity contribution >= 4 is 34.3 Å². The van der Waals surface area contributed by atoms with Gasteiger partial charge in [-0.1, -0.05) is 11.6 Å². The third-order valence-corrected chi connectivity index (χ3v) is 3.29. The summed E-state index contributed by atoms with van der Waals surface area (Å²) in [4.78, 5) is 27.7. The van der Waals surface area contributed by atoms with E-state index in [9.17, 15) is 9.59 Å². The summed E-state index contributed by atoms with van der Waals surface area (Å²) < 4.78 is 11.9. The van der Waals surface area contributed by atoms with E-state index in [1.54, 1.807) is 32.2 Å². The van der Waals surface area contributed by atoms with Crippen LogP contribution in [0.4, 0.5) is 4.79 Å². The fraction of sp³-hybridized carbons (Fsp3) is 0.231. The lowest BCUT2D eigenvalue weighted by molar-refractivity contribution is 0.101. The summed E-state index contributed by atoms with van der Waals surface area (Å²) in [6, 6.07) is 4.78. The highest BCUT2D eigenvalue weighted by molar-refractivity contribution is 6.31. The van der Waals surface area contributed by atoms with E-state index in [2.05, 4.69) is 14.8 Å². The zero-order valence-corrected chi connectivity index (χ0v) is 12.5. The van der Waals surface area contributed by atoms with E-state index >= 15 is 0 Å². The van der Waals surface area contributed by atoms with Gasteiger partial charge >= 0.3 is 17.9 Å². The molecular weight excluding hydrogens is 312 g/mol. The van der Waals surface area contributed by atoms with Crippen LogP contribution >= 0.6 is 11.6 Å². The minimum atomic E-state index is -0.933. The van der Waals surface area contributed by atoms with Crippen molar-refractivity contribution in [2.24, 2.45) is 7.05 Å². The average Bonchev–Trinajstić information content (AvgIpc) is 2.89. The SMILES string of the molecule is CCOC(=O)Oc1nc2c3cc(Cl)ccc3n(C)c(=O)n2n1. The second-order valence-electron chi connectivity index (χ2n) is 4.42. The molecule has 3 aromatic rings. The molecule has 8 nitrogen and oxygen atoms in total. The fourth-order valence-corrected chi connectivity index (χ4v) is 2.26. The van der Waals surface area contributed by atoms with Gasteiger partial charge in [0.2, 0.25) is 0 Å². The highest BCUT2D eigenvalue weighted by atomic mass is 35.5. The van der Waals surface area contributed by atoms with Crippen molar-refractivity contribution in [2.45, 2.75) is 6.92 Å². The summed E-state index contributed by atoms with van der Waals surface area (Å²) in [5.41, 5.74) is 0.466. The molecule has 0 atom stereocenters. The van der Waals surface area contributed by atoms with Crippen LogP contribution < -0.4 is 10.4 Å². The van der Waals surface area contributed by atoms with Crippen LogP contribution in [0.25, 0.3) is 16.6 Å². The fourth-order valence-electron chi connectivity index (χ4n) is 2.09. The number of halogens is 1. The Bertz CT molecular complexity index is 946. The van der Waals surface area contributed by atoms with E-state index < -0.39 is 11.8 Å². The van der Waals surface area contributed by atoms with Crippen molar-refractivity contribution < 1.29 is 14.3 Å². The first-order valence-corrected chi connectivity index (χ1v) is 6.78. The van der Waals surface area contributed by atoms with Crippen molar-refractivity contribution in [3.05, 3.63) is 33.7 Å². The van der Waals surface area contributed by atoms with Gasteiger partial charge in [-0.15, -0.1) is 5.10 Å². The maximum Gasteiger partial charge on any atom is 0.516 e. The summed E-state index contributed by atoms with van der Waals surface area (Å²) in [5.74, 6) is 0. The van der Waals surface area contributed by atoms with E-state index in [0.717, 1.165) is 4.52 Å². The average molecular weight is 323 g/mol. The largest absolute Gasteiger partial charge is 0.516 e. The normalized spacial score (nSPS) is 11.0. The number of ether oxygens (including phenoxy) is 2. The Morgan fingerprint density at radius 3 is 2.91 bits per heavy atom. The van der Waals surface area contributed by atoms with Gasteiger partial charge in [-0.25, -0.2) is 9.59 Å². The number of aryl methyl sites for hydroxylation is 1. The van der Waals surface area contributed by atoms with E-state index in [1.165, 1.54) is 4.57 Å². The Labute approximate surface area is 128 Å². The molecule has 0 aliphatic heterocycles. The van der Waals surface area contributed by atoms with E-state index in [1.807, 2.05) is 0 Å². The predicted molar refractivity (Wildman–Crippen MR) is 78.4 cm³/mol. The van der Waals surface area contributed by atoms with Gasteiger partial charge in [0.1, 0.15) is 0 Å². The molecule has 9 heteroatoms. The molecule has 2 heterocycles. The van der Waals surface area contributed by atoms with Gasteiger partial charge in [-0.3, -0.25) is 4.57 Å². The van der Waals surface area contributed by atoms with Crippen molar-refractivity contribution in [2.75, 3.05) is 6.61 Å². The standard InChI is InChI=1S/C13H11ClN4O4/c1-3-21-13(20)22-11-15-10-8-6-7(14)4-5-9(8)17(2)12(19)18(10)16-11/h4-6H,3H2,1-2H3. The van der Waals surface area contributed by atoms with Crippen molar-refractivity contribution in [1.82, 2.24) is 19.2 Å². The smallest absolute Gasteiger partial charge is 0.434 e. The quantitative estimate of drug-likeness (QED) is 0.668. The van der Waals surface area contributed by atoms with Crippen LogP contribution in [0.5, 0.6) is 6.01 Å². The minimum Gasteiger partial charge on any atom is -0.434 e. The molecule has 0 saturated carbocycles. The van der Waals surface area contributed by atoms with Gasteiger partial charge in [0.25, 0.3) is 0 Å². The minimum absolute atomic E-state index is 0.159. The molecule has 2 aromatic heterocycles. The number of carbonyl (C=O) groups excluding carboxylic acids is 1. The van der Waals surface area contributed by atoms with Gasteiger partial charge in [0.15, 0.2) is 5.65 Å². The van der Waals surface area contributed by atoms with Crippen LogP contribution in [0, 0.1) is 0 Å². The summed E-state index contributed by atoms with van der Waals surface area (Å²) in [7, 11) is 1.60. The topological polar surface area (TPSA) is 87.7 Å². The number of nitrogens with zero attached hydrogens (tertiary/aromatic N) is 4. The predicted octanol–water partition coefficient (Wildman–Crippen LogP) is 1.77. The van der Waals surface area contributed by atoms with Crippen LogP contribution in [0.1, 0.15) is 6.92 Å². The van der Waals surface area contributed by atoms with Crippen molar-refractivity contribution in [3.63, 3.8) is 0 Å². The first-order chi connectivity index (χ1) is 10.5. The number of aromatic nitrogens is 4. The number of fused-ring (bicyclic) bond motifs is 3. The van der Waals surface area contributed by atoms with Crippen LogP contribution in [-0.4, -0.2) is 31.9 Å². The number of benzene rings is 1. The maximum atomic E-state index is 12.3. The molecule has 22 heavy (non-hydrogen) atoms. The molecule has 0 radical (unpaired) electrons. The lowest BCUT2D eigenvalue weighted by Gasteiger charge is -2.05. The lowest BCUT2D eigenvalue weighted by atomic mass is 10.2. The molecule has 0 aliphatic carbocycles. The zero-order chi connectivity index (χ0) is 15.9. The van der Waals surface area contributed by atoms with E-state index in [4.69, 9.17) is 16.3 Å². The van der Waals surface area contributed by atoms with Crippen LogP contribution in [0.15, 0.2) is 23.0 Å². The molecule has 0 fully saturated rings. The molecule has 0 aliphatic rings. The molecule has 1 aromatic carbocycles. The molecule has 3 rings (SSSR count). The molecular formula is C13H11ClN4O4. The maximum absolute atomic E-state index is 12.3. The Balaban J connectivity index is 2.24. The Hall–Kier alpha value is -2.61. The Kier molecular flexibility index (Phi) is 3.45. The van der Waals surface area contributed by atoms with E-state index in [0.29, 0.717) is 15.9 Å². The first kappa shape index (κ1) is 14.3. The molecule has 0 N–H and O–H groups in total. The van der Waals surface area contributed by atoms with Gasteiger partial charge < -0.3 is 9.47 Å². The lowest BCUT2D eigenvalue weighted by Crippen LogP contribution is -2.25. The van der Waals surface area contributed by atoms with E-state index in [-0.39, 0.29) is 18.3 Å². The zero-order valence-electron chi connectivity index (χ0n) is 11.7. The van der Waals surface area contributed by atoms with Gasteiger partial charge in [0.05, 0.1) is 12.1 Å². The monoisotopic (exact) mass is 322 g/mol. The second kappa shape index (κ2) is 5.30. The van der Waals surface area contributed by atoms with Gasteiger partial charge in [-0.2, -0.15) is 9.50 Å². The summed E-state index contributed by atoms with van der Waals surface area (Å²) in [5, 5.41) is 4.98. The molecule has 0 amide bonds. The number of rotatable bonds is 2. The number of carbonyl (C=O) groups is 1. The highest BCUT2D eigenvalue weighted by Crippen LogP contribution is 2.22. The van der Waals surface area contributed by atoms with Gasteiger partial charge in [-0.05, 0) is 25.1 Å². The Morgan fingerprint density at radius 2 is 2.18 bits per heavy atom. The Morgan fingerprint density at radius 1 is 1.41 bits per heavy atom. The van der Waals surface area contributed by atoms with Crippen LogP contribution in [0.2, 0.25) is 5.02 Å². The van der Waals surface area contributed by atoms with Crippen molar-refractivity contribution in [3.8, 4) is 6.01 Å². The van der Waals surface area contributed by atoms with Crippen LogP contribution in [-0.2, 0) is 11.8 Å². The summed E-state index contributed by atoms with van der Waals surface area (Å²) >= 11 is 5.99. The summed E-state index contributed by atoms with van der Waals surface area (Å²) in [6.45, 7) is 1.80. The first-order valence-electron chi connectivity index (χ1n) is 6.41. The molecule has 0 spiro atoms. The second-order valence-corrected chi connectivity index (χ2v) is 4.85. The molecule has 0 bridgehead atoms. The molecule has 114 valence electrons. The third kappa shape index (κ3) is 2.27. The van der Waals surface area contributed by atoms with Crippen LogP contribution in [0.3, 0.4) is 0 Å². The number of hydrogen-bond donors (Lipinski definition) is 0. The molecule has 0 saturated heterocycles. The summed E-state index contributed by atoms with van der Waals surface area (Å²) in [6.07, 6.45) is -0.933. The highest BCUT2D eigenvalue weighted by Gasteiger charge is 2.16. The third-order valence-electron chi connectivity index (χ3n) is 3.05. The number of hydrogen-bond acceptors (Lipinski definition) is 6. The van der Waals surface area contributed by atoms with Crippen molar-refractivity contribution in [1.29, 1.82) is 0 Å². The molecule has 0 unspecified atom stereocenters.